The van der Waals surface area contributed by atoms with E-state index >= 15 is 0 Å². The van der Waals surface area contributed by atoms with Crippen molar-refractivity contribution in [3.8, 4) is 17.4 Å². The van der Waals surface area contributed by atoms with Gasteiger partial charge in [0.05, 0.1) is 17.8 Å². The Balaban J connectivity index is 0.942. The number of halogens is 2. The maximum Gasteiger partial charge on any atom is 0.246 e. The van der Waals surface area contributed by atoms with Crippen molar-refractivity contribution in [2.24, 2.45) is 5.92 Å². The monoisotopic (exact) mass is 685 g/mol. The predicted molar refractivity (Wildman–Crippen MR) is 191 cm³/mol. The molecule has 2 aliphatic rings. The van der Waals surface area contributed by atoms with Crippen LogP contribution in [0, 0.1) is 12.8 Å². The van der Waals surface area contributed by atoms with E-state index in [0.717, 1.165) is 61.9 Å². The van der Waals surface area contributed by atoms with Gasteiger partial charge in [-0.15, -0.1) is 0 Å². The van der Waals surface area contributed by atoms with Crippen LogP contribution in [-0.4, -0.2) is 60.1 Å². The fraction of sp³-hybridized carbons (Fsp3) is 0.333. The molecule has 250 valence electrons. The van der Waals surface area contributed by atoms with Gasteiger partial charge < -0.3 is 19.1 Å². The van der Waals surface area contributed by atoms with E-state index in [9.17, 15) is 4.79 Å². The highest BCUT2D eigenvalue weighted by atomic mass is 35.5. The molecule has 48 heavy (non-hydrogen) atoms. The number of aromatic nitrogens is 1. The third-order valence-corrected chi connectivity index (χ3v) is 9.29. The number of carbonyl (C=O) groups excluding carboxylic acids is 1. The number of pyridine rings is 1. The van der Waals surface area contributed by atoms with Crippen LogP contribution in [0.3, 0.4) is 0 Å². The summed E-state index contributed by atoms with van der Waals surface area (Å²) in [4.78, 5) is 21.7. The number of rotatable bonds is 14. The summed E-state index contributed by atoms with van der Waals surface area (Å²) in [7, 11) is 0. The molecule has 9 heteroatoms. The van der Waals surface area contributed by atoms with Crippen molar-refractivity contribution >= 4 is 35.2 Å². The summed E-state index contributed by atoms with van der Waals surface area (Å²) in [5.74, 6) is 2.31. The van der Waals surface area contributed by atoms with Crippen molar-refractivity contribution in [2.45, 2.75) is 39.3 Å². The number of aryl methyl sites for hydroxylation is 1. The lowest BCUT2D eigenvalue weighted by molar-refractivity contribution is -0.127. The van der Waals surface area contributed by atoms with E-state index in [0.29, 0.717) is 47.1 Å². The Kier molecular flexibility index (Phi) is 11.7. The molecule has 1 aliphatic carbocycles. The quantitative estimate of drug-likeness (QED) is 0.0981. The molecule has 0 N–H and O–H groups in total. The molecule has 0 bridgehead atoms. The van der Waals surface area contributed by atoms with Crippen molar-refractivity contribution < 1.29 is 19.0 Å². The zero-order chi connectivity index (χ0) is 33.3. The van der Waals surface area contributed by atoms with Gasteiger partial charge in [0.2, 0.25) is 11.8 Å². The molecule has 0 radical (unpaired) electrons. The predicted octanol–water partition coefficient (Wildman–Crippen LogP) is 8.39. The summed E-state index contributed by atoms with van der Waals surface area (Å²) in [6, 6.07) is 23.7. The topological polar surface area (TPSA) is 64.1 Å². The van der Waals surface area contributed by atoms with E-state index in [2.05, 4.69) is 34.1 Å². The molecule has 6 rings (SSSR count). The van der Waals surface area contributed by atoms with Crippen molar-refractivity contribution in [1.29, 1.82) is 0 Å². The zero-order valence-corrected chi connectivity index (χ0v) is 28.8. The van der Waals surface area contributed by atoms with E-state index in [1.807, 2.05) is 42.2 Å². The Bertz CT molecular complexity index is 1680. The Morgan fingerprint density at radius 2 is 1.71 bits per heavy atom. The summed E-state index contributed by atoms with van der Waals surface area (Å²) in [5.41, 5.74) is 5.16. The fourth-order valence-corrected chi connectivity index (χ4v) is 6.07. The third kappa shape index (κ3) is 9.83. The molecular formula is C39H41Cl2N3O4. The van der Waals surface area contributed by atoms with Crippen LogP contribution in [-0.2, 0) is 29.1 Å². The first-order valence-corrected chi connectivity index (χ1v) is 17.3. The molecule has 1 saturated heterocycles. The molecule has 1 amide bonds. The maximum atomic E-state index is 13.0. The highest BCUT2D eigenvalue weighted by Gasteiger charge is 2.21. The normalized spacial score (nSPS) is 15.2. The van der Waals surface area contributed by atoms with Gasteiger partial charge in [0.1, 0.15) is 12.4 Å². The third-order valence-electron chi connectivity index (χ3n) is 8.64. The fourth-order valence-electron chi connectivity index (χ4n) is 5.57. The molecule has 0 unspecified atom stereocenters. The Hall–Kier alpha value is -3.88. The summed E-state index contributed by atoms with van der Waals surface area (Å²) in [5, 5.41) is 1.09. The smallest absolute Gasteiger partial charge is 0.246 e. The van der Waals surface area contributed by atoms with E-state index in [-0.39, 0.29) is 5.91 Å². The van der Waals surface area contributed by atoms with Crippen molar-refractivity contribution in [3.05, 3.63) is 123 Å². The standard InChI is InChI=1S/C39H41Cl2N3O4/c1-28-22-32(23-36(41)39(28)48-37-14-13-34(24-42-37)47-27-33-4-2-3-5-35(33)40)12-15-38(45)44-19-17-43(18-20-44)25-30-8-6-29(7-9-30)16-21-46-26-31-10-11-31/h2-9,12-15,22-24,31H,10-11,16-21,25-27H2,1H3. The summed E-state index contributed by atoms with van der Waals surface area (Å²) < 4.78 is 17.6. The molecule has 2 fully saturated rings. The first-order chi connectivity index (χ1) is 23.4. The number of nitrogens with zero attached hydrogens (tertiary/aromatic N) is 3. The lowest BCUT2D eigenvalue weighted by Crippen LogP contribution is -2.47. The van der Waals surface area contributed by atoms with Gasteiger partial charge in [0, 0.05) is 62.1 Å². The largest absolute Gasteiger partial charge is 0.487 e. The van der Waals surface area contributed by atoms with Crippen LogP contribution < -0.4 is 9.47 Å². The minimum atomic E-state index is -0.00180. The van der Waals surface area contributed by atoms with E-state index < -0.39 is 0 Å². The molecule has 1 aromatic heterocycles. The van der Waals surface area contributed by atoms with Gasteiger partial charge >= 0.3 is 0 Å². The Labute approximate surface area is 293 Å². The zero-order valence-electron chi connectivity index (χ0n) is 27.2. The van der Waals surface area contributed by atoms with Gasteiger partial charge in [0.15, 0.2) is 5.75 Å². The minimum absolute atomic E-state index is 0.00180. The molecule has 0 spiro atoms. The minimum Gasteiger partial charge on any atom is -0.487 e. The van der Waals surface area contributed by atoms with Crippen molar-refractivity contribution in [1.82, 2.24) is 14.8 Å². The van der Waals surface area contributed by atoms with Gasteiger partial charge in [-0.05, 0) is 84.7 Å². The van der Waals surface area contributed by atoms with Gasteiger partial charge in [-0.2, -0.15) is 0 Å². The van der Waals surface area contributed by atoms with Crippen LogP contribution in [0.25, 0.3) is 6.08 Å². The molecule has 3 aromatic carbocycles. The molecule has 1 aliphatic heterocycles. The maximum absolute atomic E-state index is 13.0. The summed E-state index contributed by atoms with van der Waals surface area (Å²) >= 11 is 12.8. The molecule has 4 aromatic rings. The van der Waals surface area contributed by atoms with Gasteiger partial charge in [-0.25, -0.2) is 4.98 Å². The highest BCUT2D eigenvalue weighted by molar-refractivity contribution is 6.32. The number of benzene rings is 3. The summed E-state index contributed by atoms with van der Waals surface area (Å²) in [6.45, 7) is 7.93. The first kappa shape index (κ1) is 34.0. The number of hydrogen-bond acceptors (Lipinski definition) is 6. The van der Waals surface area contributed by atoms with Crippen molar-refractivity contribution in [3.63, 3.8) is 0 Å². The Morgan fingerprint density at radius 3 is 2.42 bits per heavy atom. The number of hydrogen-bond donors (Lipinski definition) is 0. The highest BCUT2D eigenvalue weighted by Crippen LogP contribution is 2.34. The van der Waals surface area contributed by atoms with Gasteiger partial charge in [-0.3, -0.25) is 9.69 Å². The van der Waals surface area contributed by atoms with E-state index in [4.69, 9.17) is 37.4 Å². The molecule has 2 heterocycles. The van der Waals surface area contributed by atoms with Crippen LogP contribution in [0.15, 0.2) is 85.1 Å². The second-order valence-corrected chi connectivity index (χ2v) is 13.3. The number of amides is 1. The SMILES string of the molecule is Cc1cc(C=CC(=O)N2CCN(Cc3ccc(CCOCC4CC4)cc3)CC2)cc(Cl)c1Oc1ccc(OCc2ccccc2Cl)cn1. The molecule has 0 atom stereocenters. The number of piperazine rings is 1. The molecule has 1 saturated carbocycles. The lowest BCUT2D eigenvalue weighted by Gasteiger charge is -2.34. The Morgan fingerprint density at radius 1 is 0.938 bits per heavy atom. The average Bonchev–Trinajstić information content (AvgIpc) is 3.93. The second kappa shape index (κ2) is 16.5. The van der Waals surface area contributed by atoms with Crippen molar-refractivity contribution in [2.75, 3.05) is 39.4 Å². The van der Waals surface area contributed by atoms with Gasteiger partial charge in [0.25, 0.3) is 0 Å². The van der Waals surface area contributed by atoms with E-state index in [1.165, 1.54) is 24.0 Å². The second-order valence-electron chi connectivity index (χ2n) is 12.5. The number of ether oxygens (including phenoxy) is 3. The van der Waals surface area contributed by atoms with Crippen LogP contribution in [0.2, 0.25) is 10.0 Å². The lowest BCUT2D eigenvalue weighted by atomic mass is 10.1. The molecular weight excluding hydrogens is 645 g/mol. The van der Waals surface area contributed by atoms with Crippen LogP contribution >= 0.6 is 23.2 Å². The van der Waals surface area contributed by atoms with Crippen LogP contribution in [0.1, 0.15) is 40.7 Å². The first-order valence-electron chi connectivity index (χ1n) is 16.5. The molecule has 7 nitrogen and oxygen atoms in total. The van der Waals surface area contributed by atoms with Crippen LogP contribution in [0.5, 0.6) is 17.4 Å². The van der Waals surface area contributed by atoms with Crippen LogP contribution in [0.4, 0.5) is 0 Å². The summed E-state index contributed by atoms with van der Waals surface area (Å²) in [6.07, 6.45) is 8.64. The average molecular weight is 687 g/mol. The van der Waals surface area contributed by atoms with E-state index in [1.54, 1.807) is 36.5 Å². The van der Waals surface area contributed by atoms with Gasteiger partial charge in [-0.1, -0.05) is 65.7 Å². The number of carbonyl (C=O) groups is 1.